The Balaban J connectivity index is 1.62. The standard InChI is InChI=1S/C22H29N7O2/c1-14-11-27(12-15(2)31-14)20-24-21(28-9-10-30-17(4)16(28)3)26-22(25-20)29-13-23-18-7-5-6-8-19(18)29/h5-8,13-17H,9-12H2,1-4H3/t14-,15+,16-,17-/m1/s1. The van der Waals surface area contributed by atoms with Crippen molar-refractivity contribution in [2.75, 3.05) is 36.0 Å². The molecule has 164 valence electrons. The van der Waals surface area contributed by atoms with Crippen LogP contribution in [0.2, 0.25) is 0 Å². The lowest BCUT2D eigenvalue weighted by Crippen LogP contribution is -2.50. The number of rotatable bonds is 3. The molecule has 31 heavy (non-hydrogen) atoms. The first kappa shape index (κ1) is 20.1. The van der Waals surface area contributed by atoms with Crippen LogP contribution in [0.1, 0.15) is 27.7 Å². The monoisotopic (exact) mass is 423 g/mol. The molecule has 4 atom stereocenters. The third-order valence-corrected chi connectivity index (χ3v) is 6.11. The minimum atomic E-state index is 0.106. The lowest BCUT2D eigenvalue weighted by molar-refractivity contribution is -0.00574. The number of para-hydroxylation sites is 2. The van der Waals surface area contributed by atoms with Gasteiger partial charge in [-0.3, -0.25) is 4.57 Å². The van der Waals surface area contributed by atoms with Crippen LogP contribution in [0.25, 0.3) is 17.0 Å². The number of imidazole rings is 1. The second-order valence-corrected chi connectivity index (χ2v) is 8.51. The van der Waals surface area contributed by atoms with Gasteiger partial charge in [-0.05, 0) is 39.8 Å². The molecule has 2 fully saturated rings. The van der Waals surface area contributed by atoms with Gasteiger partial charge >= 0.3 is 0 Å². The van der Waals surface area contributed by atoms with Gasteiger partial charge in [-0.1, -0.05) is 12.1 Å². The van der Waals surface area contributed by atoms with E-state index in [9.17, 15) is 0 Å². The van der Waals surface area contributed by atoms with E-state index in [1.54, 1.807) is 6.33 Å². The number of fused-ring (bicyclic) bond motifs is 1. The van der Waals surface area contributed by atoms with Gasteiger partial charge in [0, 0.05) is 19.6 Å². The summed E-state index contributed by atoms with van der Waals surface area (Å²) in [6, 6.07) is 8.17. The van der Waals surface area contributed by atoms with Crippen molar-refractivity contribution < 1.29 is 9.47 Å². The van der Waals surface area contributed by atoms with E-state index < -0.39 is 0 Å². The fourth-order valence-electron chi connectivity index (χ4n) is 4.40. The molecule has 0 unspecified atom stereocenters. The zero-order valence-electron chi connectivity index (χ0n) is 18.5. The number of benzene rings is 1. The number of aromatic nitrogens is 5. The molecule has 5 rings (SSSR count). The number of ether oxygens (including phenoxy) is 2. The van der Waals surface area contributed by atoms with E-state index in [4.69, 9.17) is 24.4 Å². The van der Waals surface area contributed by atoms with Gasteiger partial charge in [0.15, 0.2) is 0 Å². The van der Waals surface area contributed by atoms with Crippen molar-refractivity contribution in [2.24, 2.45) is 0 Å². The molecule has 0 radical (unpaired) electrons. The molecule has 9 heteroatoms. The number of hydrogen-bond donors (Lipinski definition) is 0. The van der Waals surface area contributed by atoms with Gasteiger partial charge in [-0.15, -0.1) is 0 Å². The summed E-state index contributed by atoms with van der Waals surface area (Å²) in [7, 11) is 0. The molecule has 2 aromatic heterocycles. The molecule has 0 saturated carbocycles. The van der Waals surface area contributed by atoms with Crippen LogP contribution in [0, 0.1) is 0 Å². The highest BCUT2D eigenvalue weighted by molar-refractivity contribution is 5.76. The highest BCUT2D eigenvalue weighted by atomic mass is 16.5. The summed E-state index contributed by atoms with van der Waals surface area (Å²) in [5, 5.41) is 0. The molecule has 0 aliphatic carbocycles. The highest BCUT2D eigenvalue weighted by Crippen LogP contribution is 2.25. The highest BCUT2D eigenvalue weighted by Gasteiger charge is 2.30. The van der Waals surface area contributed by atoms with E-state index in [1.807, 2.05) is 28.8 Å². The first-order chi connectivity index (χ1) is 15.0. The minimum Gasteiger partial charge on any atom is -0.375 e. The van der Waals surface area contributed by atoms with E-state index in [-0.39, 0.29) is 24.4 Å². The second kappa shape index (κ2) is 8.05. The molecular weight excluding hydrogens is 394 g/mol. The van der Waals surface area contributed by atoms with Crippen LogP contribution >= 0.6 is 0 Å². The molecule has 2 aliphatic heterocycles. The lowest BCUT2D eigenvalue weighted by atomic mass is 10.1. The number of morpholine rings is 2. The average molecular weight is 424 g/mol. The van der Waals surface area contributed by atoms with Gasteiger partial charge in [0.25, 0.3) is 0 Å². The van der Waals surface area contributed by atoms with E-state index in [2.05, 4.69) is 42.5 Å². The van der Waals surface area contributed by atoms with Crippen molar-refractivity contribution in [2.45, 2.75) is 52.0 Å². The van der Waals surface area contributed by atoms with E-state index in [1.165, 1.54) is 0 Å². The van der Waals surface area contributed by atoms with Gasteiger partial charge in [0.2, 0.25) is 17.8 Å². The number of nitrogens with zero attached hydrogens (tertiary/aromatic N) is 7. The SMILES string of the molecule is C[C@@H]1CN(c2nc(N3CCO[C@H](C)[C@H]3C)nc(-n3cnc4ccccc43)n2)C[C@H](C)O1. The zero-order valence-corrected chi connectivity index (χ0v) is 18.5. The Morgan fingerprint density at radius 2 is 1.61 bits per heavy atom. The van der Waals surface area contributed by atoms with E-state index in [0.717, 1.165) is 30.7 Å². The van der Waals surface area contributed by atoms with E-state index >= 15 is 0 Å². The first-order valence-corrected chi connectivity index (χ1v) is 11.0. The van der Waals surface area contributed by atoms with Crippen LogP contribution in [0.4, 0.5) is 11.9 Å². The molecule has 0 amide bonds. The largest absolute Gasteiger partial charge is 0.375 e. The number of anilines is 2. The van der Waals surface area contributed by atoms with Crippen LogP contribution in [0.15, 0.2) is 30.6 Å². The van der Waals surface area contributed by atoms with Gasteiger partial charge in [-0.25, -0.2) is 4.98 Å². The van der Waals surface area contributed by atoms with Crippen molar-refractivity contribution in [3.63, 3.8) is 0 Å². The van der Waals surface area contributed by atoms with Crippen LogP contribution in [0.3, 0.4) is 0 Å². The van der Waals surface area contributed by atoms with Gasteiger partial charge < -0.3 is 19.3 Å². The first-order valence-electron chi connectivity index (χ1n) is 11.0. The van der Waals surface area contributed by atoms with Gasteiger partial charge in [0.1, 0.15) is 6.33 Å². The summed E-state index contributed by atoms with van der Waals surface area (Å²) in [6.45, 7) is 11.3. The Bertz CT molecular complexity index is 1060. The predicted molar refractivity (Wildman–Crippen MR) is 119 cm³/mol. The fourth-order valence-corrected chi connectivity index (χ4v) is 4.40. The van der Waals surface area contributed by atoms with Crippen molar-refractivity contribution in [3.8, 4) is 5.95 Å². The van der Waals surface area contributed by atoms with Crippen molar-refractivity contribution in [1.82, 2.24) is 24.5 Å². The van der Waals surface area contributed by atoms with Gasteiger partial charge in [0.05, 0.1) is 42.0 Å². The van der Waals surface area contributed by atoms with E-state index in [0.29, 0.717) is 24.5 Å². The zero-order chi connectivity index (χ0) is 21.5. The molecular formula is C22H29N7O2. The van der Waals surface area contributed by atoms with Crippen molar-refractivity contribution in [1.29, 1.82) is 0 Å². The Labute approximate surface area is 182 Å². The summed E-state index contributed by atoms with van der Waals surface area (Å²) < 4.78 is 13.7. The number of hydrogen-bond acceptors (Lipinski definition) is 8. The molecule has 3 aromatic rings. The normalized spacial score (nSPS) is 27.1. The topological polar surface area (TPSA) is 81.4 Å². The molecule has 0 spiro atoms. The molecule has 1 aromatic carbocycles. The van der Waals surface area contributed by atoms with Crippen LogP contribution in [-0.4, -0.2) is 75.1 Å². The quantitative estimate of drug-likeness (QED) is 0.635. The molecule has 4 heterocycles. The summed E-state index contributed by atoms with van der Waals surface area (Å²) in [5.74, 6) is 1.92. The second-order valence-electron chi connectivity index (χ2n) is 8.51. The smallest absolute Gasteiger partial charge is 0.242 e. The minimum absolute atomic E-state index is 0.106. The third-order valence-electron chi connectivity index (χ3n) is 6.11. The maximum atomic E-state index is 5.92. The van der Waals surface area contributed by atoms with Crippen LogP contribution in [-0.2, 0) is 9.47 Å². The predicted octanol–water partition coefficient (Wildman–Crippen LogP) is 2.44. The summed E-state index contributed by atoms with van der Waals surface area (Å²) in [6.07, 6.45) is 2.12. The van der Waals surface area contributed by atoms with Crippen LogP contribution in [0.5, 0.6) is 0 Å². The Hall–Kier alpha value is -2.78. The molecule has 9 nitrogen and oxygen atoms in total. The van der Waals surface area contributed by atoms with Crippen LogP contribution < -0.4 is 9.80 Å². The fraction of sp³-hybridized carbons (Fsp3) is 0.545. The van der Waals surface area contributed by atoms with Crippen molar-refractivity contribution >= 4 is 22.9 Å². The van der Waals surface area contributed by atoms with Crippen molar-refractivity contribution in [3.05, 3.63) is 30.6 Å². The summed E-state index contributed by atoms with van der Waals surface area (Å²) in [5.41, 5.74) is 1.88. The summed E-state index contributed by atoms with van der Waals surface area (Å²) in [4.78, 5) is 23.6. The molecule has 2 aliphatic rings. The maximum Gasteiger partial charge on any atom is 0.242 e. The Kier molecular flexibility index (Phi) is 5.23. The molecule has 0 N–H and O–H groups in total. The Morgan fingerprint density at radius 3 is 2.42 bits per heavy atom. The lowest BCUT2D eigenvalue weighted by Gasteiger charge is -2.39. The van der Waals surface area contributed by atoms with Gasteiger partial charge in [-0.2, -0.15) is 15.0 Å². The Morgan fingerprint density at radius 1 is 0.903 bits per heavy atom. The third kappa shape index (κ3) is 3.83. The maximum absolute atomic E-state index is 5.92. The molecule has 2 saturated heterocycles. The molecule has 0 bridgehead atoms. The summed E-state index contributed by atoms with van der Waals surface area (Å²) >= 11 is 0. The average Bonchev–Trinajstić information content (AvgIpc) is 3.19.